The van der Waals surface area contributed by atoms with Crippen molar-refractivity contribution in [1.82, 2.24) is 10.2 Å². The number of rotatable bonds is 7. The van der Waals surface area contributed by atoms with Crippen molar-refractivity contribution in [3.8, 4) is 5.75 Å². The standard InChI is InChI=1S/C28H36N4O7/c1-31(2)17-9-14(11-30-10-12-5-6-12)22(33)19-15(17)7-13-8-16-21(32(3)4)24(35)20(27(29)38)26(37)28(16,39)25(36)18(13)23(19)34/h9,12-13,16,21,30,33-34,37,39H,5-8,10-11H2,1-4H3,(H2,29,38)/t13-,16-,21-,28-/m1/s1. The van der Waals surface area contributed by atoms with Gasteiger partial charge in [-0.1, -0.05) is 0 Å². The van der Waals surface area contributed by atoms with Crippen molar-refractivity contribution in [2.45, 2.75) is 43.9 Å². The van der Waals surface area contributed by atoms with Gasteiger partial charge in [0.05, 0.1) is 11.6 Å². The number of fused-ring (bicyclic) bond motifs is 3. The average Bonchev–Trinajstić information content (AvgIpc) is 3.66. The topological polar surface area (TPSA) is 177 Å². The average molecular weight is 541 g/mol. The number of nitrogens with one attached hydrogen (secondary N) is 1. The number of likely N-dealkylation sites (N-methyl/N-ethyl adjacent to an activating group) is 1. The van der Waals surface area contributed by atoms with Gasteiger partial charge in [-0.2, -0.15) is 0 Å². The molecule has 0 unspecified atom stereocenters. The Hall–Kier alpha value is -3.41. The first-order chi connectivity index (χ1) is 18.3. The Kier molecular flexibility index (Phi) is 6.52. The number of aromatic hydroxyl groups is 1. The van der Waals surface area contributed by atoms with Crippen LogP contribution in [0, 0.1) is 17.8 Å². The first kappa shape index (κ1) is 27.2. The monoisotopic (exact) mass is 540 g/mol. The molecule has 4 aliphatic carbocycles. The lowest BCUT2D eigenvalue weighted by Crippen LogP contribution is -2.65. The molecule has 0 heterocycles. The van der Waals surface area contributed by atoms with Crippen molar-refractivity contribution in [3.63, 3.8) is 0 Å². The number of aliphatic hydroxyl groups is 3. The highest BCUT2D eigenvalue weighted by Crippen LogP contribution is 2.54. The lowest BCUT2D eigenvalue weighted by atomic mass is 9.57. The van der Waals surface area contributed by atoms with Crippen LogP contribution in [0.4, 0.5) is 5.69 Å². The largest absolute Gasteiger partial charge is 0.508 e. The Morgan fingerprint density at radius 3 is 2.38 bits per heavy atom. The van der Waals surface area contributed by atoms with Crippen LogP contribution in [0.3, 0.4) is 0 Å². The van der Waals surface area contributed by atoms with Crippen LogP contribution in [0.1, 0.15) is 36.0 Å². The molecular formula is C28H36N4O7. The Bertz CT molecular complexity index is 1340. The van der Waals surface area contributed by atoms with Crippen LogP contribution in [0.2, 0.25) is 0 Å². The highest BCUT2D eigenvalue weighted by Gasteiger charge is 2.64. The molecule has 5 rings (SSSR count). The Morgan fingerprint density at radius 1 is 1.15 bits per heavy atom. The summed E-state index contributed by atoms with van der Waals surface area (Å²) in [7, 11) is 6.86. The summed E-state index contributed by atoms with van der Waals surface area (Å²) in [6.45, 7) is 1.18. The van der Waals surface area contributed by atoms with Gasteiger partial charge in [-0.25, -0.2) is 0 Å². The van der Waals surface area contributed by atoms with Crippen molar-refractivity contribution in [2.75, 3.05) is 39.6 Å². The fourth-order valence-corrected chi connectivity index (χ4v) is 6.61. The number of hydrogen-bond acceptors (Lipinski definition) is 10. The molecular weight excluding hydrogens is 504 g/mol. The zero-order chi connectivity index (χ0) is 28.5. The van der Waals surface area contributed by atoms with Crippen molar-refractivity contribution in [3.05, 3.63) is 39.7 Å². The summed E-state index contributed by atoms with van der Waals surface area (Å²) in [4.78, 5) is 42.7. The fourth-order valence-electron chi connectivity index (χ4n) is 6.61. The second-order valence-corrected chi connectivity index (χ2v) is 11.7. The Morgan fingerprint density at radius 2 is 1.82 bits per heavy atom. The van der Waals surface area contributed by atoms with Crippen LogP contribution in [0.25, 0.3) is 5.76 Å². The van der Waals surface area contributed by atoms with Gasteiger partial charge in [0.2, 0.25) is 5.78 Å². The molecule has 39 heavy (non-hydrogen) atoms. The van der Waals surface area contributed by atoms with Crippen LogP contribution in [0.5, 0.6) is 5.75 Å². The van der Waals surface area contributed by atoms with E-state index >= 15 is 0 Å². The van der Waals surface area contributed by atoms with E-state index in [4.69, 9.17) is 5.73 Å². The third-order valence-corrected chi connectivity index (χ3v) is 8.70. The lowest BCUT2D eigenvalue weighted by molar-refractivity contribution is -0.153. The minimum Gasteiger partial charge on any atom is -0.508 e. The summed E-state index contributed by atoms with van der Waals surface area (Å²) in [5.41, 5.74) is 3.85. The summed E-state index contributed by atoms with van der Waals surface area (Å²) in [5, 5.41) is 48.9. The van der Waals surface area contributed by atoms with Crippen LogP contribution in [-0.2, 0) is 27.3 Å². The maximum atomic E-state index is 14.0. The molecule has 0 bridgehead atoms. The first-order valence-electron chi connectivity index (χ1n) is 13.2. The molecule has 1 aromatic carbocycles. The number of carbonyl (C=O) groups is 3. The number of phenolic OH excluding ortho intramolecular Hbond substituents is 1. The number of anilines is 1. The summed E-state index contributed by atoms with van der Waals surface area (Å²) in [5.74, 6) is -5.83. The highest BCUT2D eigenvalue weighted by molar-refractivity contribution is 6.24. The number of aliphatic hydroxyl groups excluding tert-OH is 2. The van der Waals surface area contributed by atoms with Gasteiger partial charge in [0.15, 0.2) is 11.4 Å². The SMILES string of the molecule is CN(C)c1cc(CNCC2CC2)c(O)c2c1C[C@@H]1C[C@@H]3[C@@H](N(C)C)C(=O)C(C(N)=O)=C(O)[C@]3(O)C(=O)C1=C2O. The Labute approximate surface area is 226 Å². The van der Waals surface area contributed by atoms with Crippen molar-refractivity contribution < 1.29 is 34.8 Å². The van der Waals surface area contributed by atoms with Crippen LogP contribution >= 0.6 is 0 Å². The maximum Gasteiger partial charge on any atom is 0.255 e. The van der Waals surface area contributed by atoms with E-state index < -0.39 is 58.0 Å². The van der Waals surface area contributed by atoms with E-state index in [9.17, 15) is 34.8 Å². The number of phenols is 1. The molecule has 0 aromatic heterocycles. The third-order valence-electron chi connectivity index (χ3n) is 8.70. The van der Waals surface area contributed by atoms with Crippen LogP contribution < -0.4 is 16.0 Å². The molecule has 0 spiro atoms. The van der Waals surface area contributed by atoms with Crippen LogP contribution in [0.15, 0.2) is 23.0 Å². The molecule has 1 aromatic rings. The molecule has 7 N–H and O–H groups in total. The number of ketones is 2. The smallest absolute Gasteiger partial charge is 0.255 e. The highest BCUT2D eigenvalue weighted by atomic mass is 16.3. The molecule has 2 saturated carbocycles. The molecule has 4 atom stereocenters. The van der Waals surface area contributed by atoms with E-state index in [1.54, 1.807) is 14.1 Å². The molecule has 0 saturated heterocycles. The van der Waals surface area contributed by atoms with Gasteiger partial charge >= 0.3 is 0 Å². The number of carbonyl (C=O) groups excluding carboxylic acids is 3. The van der Waals surface area contributed by atoms with E-state index in [-0.39, 0.29) is 29.7 Å². The zero-order valence-electron chi connectivity index (χ0n) is 22.6. The number of primary amides is 1. The molecule has 210 valence electrons. The third kappa shape index (κ3) is 4.02. The van der Waals surface area contributed by atoms with E-state index in [1.807, 2.05) is 25.1 Å². The molecule has 4 aliphatic rings. The lowest BCUT2D eigenvalue weighted by Gasteiger charge is -2.50. The zero-order valence-corrected chi connectivity index (χ0v) is 22.6. The molecule has 2 fully saturated rings. The minimum atomic E-state index is -2.64. The number of nitrogens with two attached hydrogens (primary N) is 1. The second-order valence-electron chi connectivity index (χ2n) is 11.7. The number of benzene rings is 1. The van der Waals surface area contributed by atoms with Gasteiger partial charge in [-0.3, -0.25) is 19.3 Å². The number of nitrogens with zero attached hydrogens (tertiary/aromatic N) is 2. The summed E-state index contributed by atoms with van der Waals surface area (Å²) >= 11 is 0. The van der Waals surface area contributed by atoms with Crippen molar-refractivity contribution in [2.24, 2.45) is 23.5 Å². The normalized spacial score (nSPS) is 28.4. The van der Waals surface area contributed by atoms with E-state index in [2.05, 4.69) is 5.32 Å². The van der Waals surface area contributed by atoms with Gasteiger partial charge in [0.1, 0.15) is 22.8 Å². The molecule has 11 nitrogen and oxygen atoms in total. The molecule has 0 aliphatic heterocycles. The van der Waals surface area contributed by atoms with Gasteiger partial charge < -0.3 is 36.4 Å². The Balaban J connectivity index is 1.67. The summed E-state index contributed by atoms with van der Waals surface area (Å²) < 4.78 is 0. The number of amides is 1. The number of Topliss-reactive ketones (excluding diaryl/α,β-unsaturated/α-hetero) is 2. The van der Waals surface area contributed by atoms with Gasteiger partial charge in [0.25, 0.3) is 5.91 Å². The van der Waals surface area contributed by atoms with Gasteiger partial charge in [-0.15, -0.1) is 0 Å². The van der Waals surface area contributed by atoms with E-state index in [1.165, 1.54) is 17.7 Å². The maximum absolute atomic E-state index is 14.0. The van der Waals surface area contributed by atoms with E-state index in [0.29, 0.717) is 23.6 Å². The van der Waals surface area contributed by atoms with Crippen LogP contribution in [-0.4, -0.2) is 89.2 Å². The molecule has 1 amide bonds. The van der Waals surface area contributed by atoms with Gasteiger partial charge in [-0.05, 0) is 69.8 Å². The predicted octanol–water partition coefficient (Wildman–Crippen LogP) is 0.530. The molecule has 0 radical (unpaired) electrons. The van der Waals surface area contributed by atoms with E-state index in [0.717, 1.165) is 12.2 Å². The number of hydrogen-bond donors (Lipinski definition) is 6. The summed E-state index contributed by atoms with van der Waals surface area (Å²) in [6.07, 6.45) is 2.66. The second kappa shape index (κ2) is 9.35. The quantitative estimate of drug-likeness (QED) is 0.267. The fraction of sp³-hybridized carbons (Fsp3) is 0.536. The summed E-state index contributed by atoms with van der Waals surface area (Å²) in [6, 6.07) is 0.762. The predicted molar refractivity (Wildman–Crippen MR) is 143 cm³/mol. The first-order valence-corrected chi connectivity index (χ1v) is 13.2. The minimum absolute atomic E-state index is 0.0596. The van der Waals surface area contributed by atoms with Crippen molar-refractivity contribution in [1.29, 1.82) is 0 Å². The molecule has 11 heteroatoms. The van der Waals surface area contributed by atoms with Crippen molar-refractivity contribution >= 4 is 28.9 Å². The van der Waals surface area contributed by atoms with Gasteiger partial charge in [0, 0.05) is 43.4 Å².